The van der Waals surface area contributed by atoms with E-state index in [-0.39, 0.29) is 27.2 Å². The normalized spacial score (nSPS) is 26.2. The molecule has 21 heavy (non-hydrogen) atoms. The number of nitrogen functional groups attached to an aromatic ring is 1. The molecule has 3 rings (SSSR count). The van der Waals surface area contributed by atoms with Crippen molar-refractivity contribution in [2.24, 2.45) is 5.92 Å². The van der Waals surface area contributed by atoms with Crippen LogP contribution in [0.1, 0.15) is 19.3 Å². The zero-order valence-corrected chi connectivity index (χ0v) is 13.6. The Labute approximate surface area is 131 Å². The van der Waals surface area contributed by atoms with E-state index in [9.17, 15) is 12.8 Å². The van der Waals surface area contributed by atoms with Gasteiger partial charge in [0.2, 0.25) is 10.0 Å². The average Bonchev–Trinajstić information content (AvgIpc) is 3.14. The van der Waals surface area contributed by atoms with Crippen molar-refractivity contribution in [1.29, 1.82) is 0 Å². The van der Waals surface area contributed by atoms with Gasteiger partial charge in [-0.15, -0.1) is 0 Å². The van der Waals surface area contributed by atoms with Crippen molar-refractivity contribution in [1.82, 2.24) is 4.72 Å². The van der Waals surface area contributed by atoms with Crippen LogP contribution in [0.2, 0.25) is 0 Å². The van der Waals surface area contributed by atoms with Gasteiger partial charge in [0.05, 0.1) is 22.7 Å². The molecule has 0 spiro atoms. The third kappa shape index (κ3) is 3.08. The highest BCUT2D eigenvalue weighted by atomic mass is 79.9. The Morgan fingerprint density at radius 1 is 1.33 bits per heavy atom. The Bertz CT molecular complexity index is 664. The number of benzene rings is 1. The molecule has 2 unspecified atom stereocenters. The van der Waals surface area contributed by atoms with Crippen LogP contribution in [0.25, 0.3) is 0 Å². The minimum absolute atomic E-state index is 0.0529. The molecule has 5 nitrogen and oxygen atoms in total. The minimum Gasteiger partial charge on any atom is -0.396 e. The van der Waals surface area contributed by atoms with E-state index in [2.05, 4.69) is 20.7 Å². The number of nitrogens with one attached hydrogen (secondary N) is 1. The SMILES string of the molecule is Nc1cc(S(=O)(=O)NC2CCOC2C2CC2)c(Br)cc1F. The van der Waals surface area contributed by atoms with Crippen LogP contribution in [0, 0.1) is 11.7 Å². The third-order valence-electron chi connectivity index (χ3n) is 3.87. The molecule has 2 fully saturated rings. The molecular weight excluding hydrogens is 363 g/mol. The first-order valence-corrected chi connectivity index (χ1v) is 9.04. The third-order valence-corrected chi connectivity index (χ3v) is 6.32. The first kappa shape index (κ1) is 15.2. The Kier molecular flexibility index (Phi) is 3.98. The summed E-state index contributed by atoms with van der Waals surface area (Å²) in [6.07, 6.45) is 2.75. The smallest absolute Gasteiger partial charge is 0.242 e. The van der Waals surface area contributed by atoms with Crippen LogP contribution >= 0.6 is 15.9 Å². The summed E-state index contributed by atoms with van der Waals surface area (Å²) < 4.78 is 46.8. The summed E-state index contributed by atoms with van der Waals surface area (Å²) in [5, 5.41) is 0. The number of nitrogens with two attached hydrogens (primary N) is 1. The fourth-order valence-electron chi connectivity index (χ4n) is 2.64. The number of anilines is 1. The van der Waals surface area contributed by atoms with Crippen LogP contribution in [-0.4, -0.2) is 27.2 Å². The van der Waals surface area contributed by atoms with Gasteiger partial charge in [0.15, 0.2) is 0 Å². The maximum atomic E-state index is 13.3. The van der Waals surface area contributed by atoms with E-state index in [1.165, 1.54) is 0 Å². The van der Waals surface area contributed by atoms with Gasteiger partial charge < -0.3 is 10.5 Å². The summed E-state index contributed by atoms with van der Waals surface area (Å²) in [4.78, 5) is -0.0529. The van der Waals surface area contributed by atoms with E-state index >= 15 is 0 Å². The van der Waals surface area contributed by atoms with Crippen molar-refractivity contribution in [3.05, 3.63) is 22.4 Å². The Morgan fingerprint density at radius 3 is 2.71 bits per heavy atom. The van der Waals surface area contributed by atoms with Gasteiger partial charge in [-0.2, -0.15) is 0 Å². The molecule has 2 atom stereocenters. The van der Waals surface area contributed by atoms with E-state index in [0.717, 1.165) is 25.0 Å². The first-order valence-electron chi connectivity index (χ1n) is 6.77. The van der Waals surface area contributed by atoms with Crippen LogP contribution in [-0.2, 0) is 14.8 Å². The van der Waals surface area contributed by atoms with Gasteiger partial charge in [-0.1, -0.05) is 0 Å². The van der Waals surface area contributed by atoms with Crippen molar-refractivity contribution >= 4 is 31.6 Å². The van der Waals surface area contributed by atoms with E-state index in [1.54, 1.807) is 0 Å². The number of hydrogen-bond acceptors (Lipinski definition) is 4. The van der Waals surface area contributed by atoms with Crippen LogP contribution in [0.3, 0.4) is 0 Å². The number of ether oxygens (including phenoxy) is 1. The number of sulfonamides is 1. The van der Waals surface area contributed by atoms with Gasteiger partial charge in [-0.3, -0.25) is 0 Å². The Hall–Kier alpha value is -0.700. The molecule has 0 amide bonds. The van der Waals surface area contributed by atoms with Gasteiger partial charge in [0.1, 0.15) is 5.82 Å². The lowest BCUT2D eigenvalue weighted by molar-refractivity contribution is 0.0848. The zero-order valence-electron chi connectivity index (χ0n) is 11.2. The maximum Gasteiger partial charge on any atom is 0.242 e. The highest BCUT2D eigenvalue weighted by Crippen LogP contribution is 2.39. The van der Waals surface area contributed by atoms with Gasteiger partial charge in [-0.05, 0) is 53.2 Å². The lowest BCUT2D eigenvalue weighted by atomic mass is 10.1. The van der Waals surface area contributed by atoms with Crippen LogP contribution in [0.15, 0.2) is 21.5 Å². The summed E-state index contributed by atoms with van der Waals surface area (Å²) >= 11 is 3.08. The minimum atomic E-state index is -3.78. The van der Waals surface area contributed by atoms with Gasteiger partial charge >= 0.3 is 0 Å². The summed E-state index contributed by atoms with van der Waals surface area (Å²) in [5.41, 5.74) is 5.27. The molecule has 1 heterocycles. The van der Waals surface area contributed by atoms with Crippen molar-refractivity contribution in [2.75, 3.05) is 12.3 Å². The molecule has 1 saturated heterocycles. The lowest BCUT2D eigenvalue weighted by Crippen LogP contribution is -2.41. The molecule has 1 aromatic carbocycles. The Balaban J connectivity index is 1.85. The molecule has 2 aliphatic rings. The number of halogens is 2. The van der Waals surface area contributed by atoms with Crippen LogP contribution in [0.5, 0.6) is 0 Å². The molecule has 1 aromatic rings. The Morgan fingerprint density at radius 2 is 2.05 bits per heavy atom. The lowest BCUT2D eigenvalue weighted by Gasteiger charge is -2.20. The highest BCUT2D eigenvalue weighted by molar-refractivity contribution is 9.10. The second-order valence-corrected chi connectivity index (χ2v) is 8.03. The average molecular weight is 379 g/mol. The predicted molar refractivity (Wildman–Crippen MR) is 79.7 cm³/mol. The predicted octanol–water partition coefficient (Wildman–Crippen LogP) is 2.02. The first-order chi connectivity index (χ1) is 9.88. The maximum absolute atomic E-state index is 13.3. The van der Waals surface area contributed by atoms with E-state index in [4.69, 9.17) is 10.5 Å². The van der Waals surface area contributed by atoms with E-state index in [0.29, 0.717) is 18.9 Å². The zero-order chi connectivity index (χ0) is 15.2. The molecular formula is C13H16BrFN2O3S. The van der Waals surface area contributed by atoms with Gasteiger partial charge in [0, 0.05) is 11.1 Å². The summed E-state index contributed by atoms with van der Waals surface area (Å²) in [6, 6.07) is 1.96. The fraction of sp³-hybridized carbons (Fsp3) is 0.538. The summed E-state index contributed by atoms with van der Waals surface area (Å²) in [6.45, 7) is 0.557. The van der Waals surface area contributed by atoms with Crippen LogP contribution < -0.4 is 10.5 Å². The summed E-state index contributed by atoms with van der Waals surface area (Å²) in [5.74, 6) is -0.206. The highest BCUT2D eigenvalue weighted by Gasteiger charge is 2.42. The standard InChI is InChI=1S/C13H16BrFN2O3S/c14-8-5-9(15)10(16)6-12(8)21(18,19)17-11-3-4-20-13(11)7-1-2-7/h5-7,11,13,17H,1-4,16H2. The molecule has 1 aliphatic heterocycles. The van der Waals surface area contributed by atoms with Gasteiger partial charge in [-0.25, -0.2) is 17.5 Å². The molecule has 8 heteroatoms. The number of rotatable bonds is 4. The van der Waals surface area contributed by atoms with Crippen LogP contribution in [0.4, 0.5) is 10.1 Å². The second kappa shape index (κ2) is 5.49. The van der Waals surface area contributed by atoms with Gasteiger partial charge in [0.25, 0.3) is 0 Å². The largest absolute Gasteiger partial charge is 0.396 e. The topological polar surface area (TPSA) is 81.4 Å². The molecule has 0 aromatic heterocycles. The van der Waals surface area contributed by atoms with E-state index in [1.807, 2.05) is 0 Å². The van der Waals surface area contributed by atoms with Crippen molar-refractivity contribution < 1.29 is 17.5 Å². The molecule has 1 aliphatic carbocycles. The van der Waals surface area contributed by atoms with Crippen molar-refractivity contribution in [3.63, 3.8) is 0 Å². The monoisotopic (exact) mass is 378 g/mol. The molecule has 0 radical (unpaired) electrons. The second-order valence-electron chi connectivity index (χ2n) is 5.49. The number of hydrogen-bond donors (Lipinski definition) is 2. The fourth-order valence-corrected chi connectivity index (χ4v) is 4.97. The molecule has 1 saturated carbocycles. The molecule has 116 valence electrons. The molecule has 0 bridgehead atoms. The van der Waals surface area contributed by atoms with E-state index < -0.39 is 15.8 Å². The van der Waals surface area contributed by atoms with Crippen molar-refractivity contribution in [3.8, 4) is 0 Å². The summed E-state index contributed by atoms with van der Waals surface area (Å²) in [7, 11) is -3.78. The quantitative estimate of drug-likeness (QED) is 0.785. The molecule has 3 N–H and O–H groups in total. The van der Waals surface area contributed by atoms with Crippen molar-refractivity contribution in [2.45, 2.75) is 36.3 Å².